The van der Waals surface area contributed by atoms with Crippen LogP contribution in [0.1, 0.15) is 28.6 Å². The number of hydrogen-bond acceptors (Lipinski definition) is 2. The molecule has 3 heteroatoms. The van der Waals surface area contributed by atoms with Crippen molar-refractivity contribution in [3.05, 3.63) is 0 Å². The van der Waals surface area contributed by atoms with E-state index in [0.29, 0.717) is 12.5 Å². The predicted molar refractivity (Wildman–Crippen MR) is 53.2 cm³/mol. The molecule has 0 aromatic heterocycles. The van der Waals surface area contributed by atoms with Crippen LogP contribution in [-0.4, -0.2) is 37.0 Å². The van der Waals surface area contributed by atoms with Gasteiger partial charge in [0, 0.05) is 27.5 Å². The largest absolute Gasteiger partial charge is 0.344 e. The summed E-state index contributed by atoms with van der Waals surface area (Å²) in [5.74, 6) is 0.256. The summed E-state index contributed by atoms with van der Waals surface area (Å²) in [5, 5.41) is 3.24. The number of hydrogen-bond donors (Lipinski definition) is 1. The number of amides is 1. The van der Waals surface area contributed by atoms with Crippen LogP contribution in [0.5, 0.6) is 0 Å². The molecule has 74 valence electrons. The molecule has 1 N–H and O–H groups in total. The molecule has 0 spiro atoms. The highest BCUT2D eigenvalue weighted by molar-refractivity contribution is 5.78. The van der Waals surface area contributed by atoms with Crippen molar-refractivity contribution in [1.29, 1.82) is 0 Å². The average Bonchev–Trinajstić information content (AvgIpc) is 2.36. The topological polar surface area (TPSA) is 32.3 Å². The lowest BCUT2D eigenvalue weighted by molar-refractivity contribution is -0.126. The number of carbonyl (C=O) groups is 1. The highest BCUT2D eigenvalue weighted by Gasteiger charge is 2.25. The monoisotopic (exact) mass is 174 g/mol. The predicted octanol–water partition coefficient (Wildman–Crippen LogP) is 1.10. The summed E-state index contributed by atoms with van der Waals surface area (Å²) in [4.78, 5) is 12.7. The minimum absolute atomic E-state index is 0. The Hall–Kier alpha value is -0.570. The Labute approximate surface area is 76.6 Å². The molecule has 0 unspecified atom stereocenters. The molecular weight excluding hydrogens is 152 g/mol. The van der Waals surface area contributed by atoms with Crippen molar-refractivity contribution >= 4 is 5.91 Å². The van der Waals surface area contributed by atoms with E-state index >= 15 is 0 Å². The van der Waals surface area contributed by atoms with Crippen molar-refractivity contribution in [2.45, 2.75) is 33.2 Å². The standard InChI is InChI=1S/C7H14N2O.C2H6.H2/c1-3-8-6-4-7(10)9(2)5-6;1-2;/h6,8H,3-5H2,1-2H3;1-2H3;1H/t6-;;/m0../s1. The van der Waals surface area contributed by atoms with Gasteiger partial charge in [0.05, 0.1) is 0 Å². The summed E-state index contributed by atoms with van der Waals surface area (Å²) in [6.45, 7) is 7.88. The van der Waals surface area contributed by atoms with Gasteiger partial charge in [-0.1, -0.05) is 20.8 Å². The van der Waals surface area contributed by atoms with Gasteiger partial charge in [-0.15, -0.1) is 0 Å². The Morgan fingerprint density at radius 3 is 2.58 bits per heavy atom. The third-order valence-electron chi connectivity index (χ3n) is 1.83. The summed E-state index contributed by atoms with van der Waals surface area (Å²) in [6, 6.07) is 0.391. The quantitative estimate of drug-likeness (QED) is 0.680. The molecule has 1 aliphatic rings. The van der Waals surface area contributed by atoms with E-state index in [-0.39, 0.29) is 7.33 Å². The van der Waals surface area contributed by atoms with Crippen LogP contribution in [0.15, 0.2) is 0 Å². The zero-order valence-electron chi connectivity index (χ0n) is 8.55. The first-order chi connectivity index (χ1) is 5.74. The second-order valence-corrected chi connectivity index (χ2v) is 2.73. The van der Waals surface area contributed by atoms with E-state index < -0.39 is 0 Å². The van der Waals surface area contributed by atoms with Crippen LogP contribution < -0.4 is 5.32 Å². The first-order valence-electron chi connectivity index (χ1n) is 4.71. The highest BCUT2D eigenvalue weighted by Crippen LogP contribution is 2.07. The molecule has 1 aliphatic heterocycles. The molecule has 1 saturated heterocycles. The number of nitrogens with zero attached hydrogens (tertiary/aromatic N) is 1. The van der Waals surface area contributed by atoms with Gasteiger partial charge in [0.2, 0.25) is 5.91 Å². The molecule has 0 aromatic carbocycles. The van der Waals surface area contributed by atoms with Crippen molar-refractivity contribution < 1.29 is 6.22 Å². The maximum absolute atomic E-state index is 10.9. The van der Waals surface area contributed by atoms with Gasteiger partial charge in [0.25, 0.3) is 0 Å². The van der Waals surface area contributed by atoms with Gasteiger partial charge in [-0.25, -0.2) is 0 Å². The second kappa shape index (κ2) is 6.00. The Morgan fingerprint density at radius 2 is 2.25 bits per heavy atom. The number of likely N-dealkylation sites (tertiary alicyclic amines) is 1. The average molecular weight is 174 g/mol. The summed E-state index contributed by atoms with van der Waals surface area (Å²) in [7, 11) is 1.85. The van der Waals surface area contributed by atoms with Crippen molar-refractivity contribution in [1.82, 2.24) is 10.2 Å². The molecule has 1 heterocycles. The smallest absolute Gasteiger partial charge is 0.224 e. The van der Waals surface area contributed by atoms with Gasteiger partial charge >= 0.3 is 0 Å². The maximum atomic E-state index is 10.9. The lowest BCUT2D eigenvalue weighted by atomic mass is 10.2. The molecule has 1 amide bonds. The zero-order chi connectivity index (χ0) is 9.56. The molecule has 1 fully saturated rings. The molecule has 0 bridgehead atoms. The molecular formula is C9H22N2O. The molecule has 3 nitrogen and oxygen atoms in total. The van der Waals surface area contributed by atoms with Crippen LogP contribution in [0.3, 0.4) is 0 Å². The Bertz CT molecular complexity index is 142. The van der Waals surface area contributed by atoms with E-state index in [4.69, 9.17) is 0 Å². The third kappa shape index (κ3) is 3.22. The SMILES string of the molecule is CC.CCN[C@H]1CC(=O)N(C)C1.[HH]. The molecule has 0 aromatic rings. The zero-order valence-corrected chi connectivity index (χ0v) is 8.55. The number of nitrogens with one attached hydrogen (secondary N) is 1. The third-order valence-corrected chi connectivity index (χ3v) is 1.83. The fraction of sp³-hybridized carbons (Fsp3) is 0.889. The Balaban J connectivity index is 0. The van der Waals surface area contributed by atoms with E-state index in [1.54, 1.807) is 4.90 Å². The van der Waals surface area contributed by atoms with E-state index in [0.717, 1.165) is 13.1 Å². The lowest BCUT2D eigenvalue weighted by Crippen LogP contribution is -2.31. The van der Waals surface area contributed by atoms with E-state index in [1.165, 1.54) is 0 Å². The van der Waals surface area contributed by atoms with Crippen LogP contribution >= 0.6 is 0 Å². The summed E-state index contributed by atoms with van der Waals surface area (Å²) in [5.41, 5.74) is 0. The van der Waals surface area contributed by atoms with Crippen LogP contribution in [-0.2, 0) is 4.79 Å². The molecule has 0 saturated carbocycles. The van der Waals surface area contributed by atoms with Crippen LogP contribution in [0.4, 0.5) is 0 Å². The fourth-order valence-electron chi connectivity index (χ4n) is 1.29. The number of rotatable bonds is 2. The van der Waals surface area contributed by atoms with Gasteiger partial charge in [-0.2, -0.15) is 0 Å². The Morgan fingerprint density at radius 1 is 1.67 bits per heavy atom. The lowest BCUT2D eigenvalue weighted by Gasteiger charge is -2.09. The van der Waals surface area contributed by atoms with Gasteiger partial charge < -0.3 is 10.2 Å². The van der Waals surface area contributed by atoms with Crippen LogP contribution in [0.2, 0.25) is 0 Å². The van der Waals surface area contributed by atoms with E-state index in [9.17, 15) is 4.79 Å². The van der Waals surface area contributed by atoms with E-state index in [2.05, 4.69) is 12.2 Å². The number of carbonyl (C=O) groups excluding carboxylic acids is 1. The highest BCUT2D eigenvalue weighted by atomic mass is 16.2. The summed E-state index contributed by atoms with van der Waals surface area (Å²) < 4.78 is 0. The van der Waals surface area contributed by atoms with Gasteiger partial charge in [-0.3, -0.25) is 4.79 Å². The molecule has 12 heavy (non-hydrogen) atoms. The van der Waals surface area contributed by atoms with Crippen molar-refractivity contribution in [2.75, 3.05) is 20.1 Å². The minimum Gasteiger partial charge on any atom is -0.344 e. The minimum atomic E-state index is 0. The van der Waals surface area contributed by atoms with Gasteiger partial charge in [-0.05, 0) is 6.54 Å². The van der Waals surface area contributed by atoms with Gasteiger partial charge in [0.1, 0.15) is 0 Å². The van der Waals surface area contributed by atoms with Gasteiger partial charge in [0.15, 0.2) is 0 Å². The van der Waals surface area contributed by atoms with E-state index in [1.807, 2.05) is 20.9 Å². The normalized spacial score (nSPS) is 22.2. The summed E-state index contributed by atoms with van der Waals surface area (Å²) >= 11 is 0. The maximum Gasteiger partial charge on any atom is 0.224 e. The van der Waals surface area contributed by atoms with Crippen molar-refractivity contribution in [2.24, 2.45) is 0 Å². The molecule has 0 aliphatic carbocycles. The number of likely N-dealkylation sites (N-methyl/N-ethyl adjacent to an activating group) is 2. The molecule has 1 atom stereocenters. The second-order valence-electron chi connectivity index (χ2n) is 2.73. The van der Waals surface area contributed by atoms with Crippen molar-refractivity contribution in [3.63, 3.8) is 0 Å². The van der Waals surface area contributed by atoms with Crippen LogP contribution in [0.25, 0.3) is 0 Å². The Kier molecular flexibility index (Phi) is 5.72. The first-order valence-corrected chi connectivity index (χ1v) is 4.71. The van der Waals surface area contributed by atoms with Crippen LogP contribution in [0, 0.1) is 0 Å². The molecule has 0 radical (unpaired) electrons. The fourth-order valence-corrected chi connectivity index (χ4v) is 1.29. The van der Waals surface area contributed by atoms with Crippen molar-refractivity contribution in [3.8, 4) is 0 Å². The molecule has 1 rings (SSSR count). The first kappa shape index (κ1) is 11.4. The summed E-state index contributed by atoms with van der Waals surface area (Å²) in [6.07, 6.45) is 0.671.